The lowest BCUT2D eigenvalue weighted by Gasteiger charge is -2.32. The molecule has 5 rings (SSSR count). The SMILES string of the molecule is O=C(c1ccc2[nH]ccc2c1)N1CCC(Cn2nc(-c3ccncc3)ccc2=O)CC1. The molecule has 0 bridgehead atoms. The number of likely N-dealkylation sites (tertiary alicyclic amines) is 1. The first-order chi connectivity index (χ1) is 15.2. The summed E-state index contributed by atoms with van der Waals surface area (Å²) in [4.78, 5) is 34.4. The lowest BCUT2D eigenvalue weighted by Crippen LogP contribution is -2.40. The Bertz CT molecular complexity index is 1270. The number of carbonyl (C=O) groups excluding carboxylic acids is 1. The first-order valence-corrected chi connectivity index (χ1v) is 10.5. The second-order valence-corrected chi connectivity index (χ2v) is 7.99. The van der Waals surface area contributed by atoms with E-state index in [1.54, 1.807) is 29.2 Å². The van der Waals surface area contributed by atoms with Gasteiger partial charge < -0.3 is 9.88 Å². The third-order valence-corrected chi connectivity index (χ3v) is 5.98. The summed E-state index contributed by atoms with van der Waals surface area (Å²) in [6.45, 7) is 1.94. The molecular weight excluding hydrogens is 390 g/mol. The van der Waals surface area contributed by atoms with Crippen LogP contribution in [-0.4, -0.2) is 43.6 Å². The molecule has 1 aliphatic heterocycles. The van der Waals surface area contributed by atoms with E-state index in [2.05, 4.69) is 15.1 Å². The van der Waals surface area contributed by atoms with Gasteiger partial charge in [0.25, 0.3) is 11.5 Å². The highest BCUT2D eigenvalue weighted by Gasteiger charge is 2.24. The molecule has 4 aromatic rings. The zero-order valence-corrected chi connectivity index (χ0v) is 17.1. The lowest BCUT2D eigenvalue weighted by atomic mass is 9.96. The Hall–Kier alpha value is -3.74. The quantitative estimate of drug-likeness (QED) is 0.556. The fraction of sp³-hybridized carbons (Fsp3) is 0.250. The van der Waals surface area contributed by atoms with Gasteiger partial charge in [-0.05, 0) is 61.2 Å². The van der Waals surface area contributed by atoms with Gasteiger partial charge >= 0.3 is 0 Å². The molecule has 1 aromatic carbocycles. The summed E-state index contributed by atoms with van der Waals surface area (Å²) in [6, 6.07) is 14.8. The van der Waals surface area contributed by atoms with Gasteiger partial charge in [-0.15, -0.1) is 0 Å². The number of amides is 1. The predicted octanol–water partition coefficient (Wildman–Crippen LogP) is 3.34. The molecule has 0 spiro atoms. The highest BCUT2D eigenvalue weighted by molar-refractivity contribution is 5.98. The molecular formula is C24H23N5O2. The molecule has 0 unspecified atom stereocenters. The van der Waals surface area contributed by atoms with E-state index in [0.717, 1.165) is 35.0 Å². The van der Waals surface area contributed by atoms with Gasteiger partial charge in [-0.3, -0.25) is 14.6 Å². The summed E-state index contributed by atoms with van der Waals surface area (Å²) in [6.07, 6.45) is 7.02. The molecule has 1 saturated heterocycles. The van der Waals surface area contributed by atoms with Crippen LogP contribution in [-0.2, 0) is 6.54 Å². The van der Waals surface area contributed by atoms with Gasteiger partial charge in [0.15, 0.2) is 0 Å². The molecule has 7 heteroatoms. The second kappa shape index (κ2) is 8.18. The van der Waals surface area contributed by atoms with Crippen molar-refractivity contribution in [3.8, 4) is 11.3 Å². The van der Waals surface area contributed by atoms with Crippen molar-refractivity contribution in [2.24, 2.45) is 5.92 Å². The molecule has 0 radical (unpaired) electrons. The van der Waals surface area contributed by atoms with Gasteiger partial charge in [-0.2, -0.15) is 5.10 Å². The third kappa shape index (κ3) is 3.99. The van der Waals surface area contributed by atoms with Crippen LogP contribution < -0.4 is 5.56 Å². The number of piperidine rings is 1. The number of nitrogens with zero attached hydrogens (tertiary/aromatic N) is 4. The number of hydrogen-bond donors (Lipinski definition) is 1. The molecule has 0 aliphatic carbocycles. The third-order valence-electron chi connectivity index (χ3n) is 5.98. The van der Waals surface area contributed by atoms with Gasteiger partial charge in [0.05, 0.1) is 5.69 Å². The number of rotatable bonds is 4. The fourth-order valence-electron chi connectivity index (χ4n) is 4.19. The molecule has 156 valence electrons. The smallest absolute Gasteiger partial charge is 0.266 e. The van der Waals surface area contributed by atoms with Crippen molar-refractivity contribution in [3.05, 3.63) is 83.0 Å². The minimum absolute atomic E-state index is 0.0662. The van der Waals surface area contributed by atoms with E-state index in [4.69, 9.17) is 0 Å². The molecule has 1 amide bonds. The zero-order valence-electron chi connectivity index (χ0n) is 17.1. The minimum atomic E-state index is -0.101. The topological polar surface area (TPSA) is 83.9 Å². The number of aromatic nitrogens is 4. The number of benzene rings is 1. The maximum atomic E-state index is 12.9. The van der Waals surface area contributed by atoms with E-state index in [0.29, 0.717) is 31.1 Å². The molecule has 0 saturated carbocycles. The monoisotopic (exact) mass is 413 g/mol. The largest absolute Gasteiger partial charge is 0.361 e. The van der Waals surface area contributed by atoms with Crippen LogP contribution in [0.15, 0.2) is 71.9 Å². The molecule has 3 aromatic heterocycles. The lowest BCUT2D eigenvalue weighted by molar-refractivity contribution is 0.0680. The summed E-state index contributed by atoms with van der Waals surface area (Å²) in [5.74, 6) is 0.380. The maximum absolute atomic E-state index is 12.9. The average molecular weight is 413 g/mol. The van der Waals surface area contributed by atoms with Crippen molar-refractivity contribution in [2.75, 3.05) is 13.1 Å². The van der Waals surface area contributed by atoms with Crippen molar-refractivity contribution < 1.29 is 4.79 Å². The number of fused-ring (bicyclic) bond motifs is 1. The Labute approximate surface area is 179 Å². The number of aromatic amines is 1. The van der Waals surface area contributed by atoms with Crippen molar-refractivity contribution >= 4 is 16.8 Å². The maximum Gasteiger partial charge on any atom is 0.266 e. The van der Waals surface area contributed by atoms with Gasteiger partial charge in [0.2, 0.25) is 0 Å². The Morgan fingerprint density at radius 3 is 2.65 bits per heavy atom. The van der Waals surface area contributed by atoms with Gasteiger partial charge in [0.1, 0.15) is 0 Å². The minimum Gasteiger partial charge on any atom is -0.361 e. The molecule has 4 heterocycles. The van der Waals surface area contributed by atoms with E-state index in [1.807, 2.05) is 47.5 Å². The van der Waals surface area contributed by atoms with E-state index in [-0.39, 0.29) is 11.5 Å². The van der Waals surface area contributed by atoms with Crippen molar-refractivity contribution in [1.29, 1.82) is 0 Å². The number of hydrogen-bond acceptors (Lipinski definition) is 4. The van der Waals surface area contributed by atoms with Crippen LogP contribution in [0.5, 0.6) is 0 Å². The standard InChI is InChI=1S/C24H23N5O2/c30-23-4-3-22(18-5-10-25-11-6-18)27-29(23)16-17-8-13-28(14-9-17)24(31)20-1-2-21-19(15-20)7-12-26-21/h1-7,10-12,15,17,26H,8-9,13-14,16H2. The van der Waals surface area contributed by atoms with Crippen LogP contribution in [0, 0.1) is 5.92 Å². The summed E-state index contributed by atoms with van der Waals surface area (Å²) in [5.41, 5.74) is 3.34. The van der Waals surface area contributed by atoms with Crippen LogP contribution >= 0.6 is 0 Å². The van der Waals surface area contributed by atoms with E-state index >= 15 is 0 Å². The van der Waals surface area contributed by atoms with Crippen LogP contribution in [0.25, 0.3) is 22.2 Å². The Kier molecular flexibility index (Phi) is 5.08. The molecule has 7 nitrogen and oxygen atoms in total. The Morgan fingerprint density at radius 2 is 1.84 bits per heavy atom. The van der Waals surface area contributed by atoms with E-state index < -0.39 is 0 Å². The van der Waals surface area contributed by atoms with Gasteiger partial charge in [0, 0.05) is 66.3 Å². The van der Waals surface area contributed by atoms with Crippen molar-refractivity contribution in [2.45, 2.75) is 19.4 Å². The van der Waals surface area contributed by atoms with Crippen molar-refractivity contribution in [3.63, 3.8) is 0 Å². The normalized spacial score (nSPS) is 14.8. The zero-order chi connectivity index (χ0) is 21.2. The first-order valence-electron chi connectivity index (χ1n) is 10.5. The summed E-state index contributed by atoms with van der Waals surface area (Å²) < 4.78 is 1.55. The number of H-pyrrole nitrogens is 1. The molecule has 31 heavy (non-hydrogen) atoms. The average Bonchev–Trinajstić information content (AvgIpc) is 3.29. The predicted molar refractivity (Wildman–Crippen MR) is 119 cm³/mol. The fourth-order valence-corrected chi connectivity index (χ4v) is 4.19. The first kappa shape index (κ1) is 19.2. The van der Waals surface area contributed by atoms with Crippen LogP contribution in [0.1, 0.15) is 23.2 Å². The second-order valence-electron chi connectivity index (χ2n) is 7.99. The summed E-state index contributed by atoms with van der Waals surface area (Å²) >= 11 is 0. The number of nitrogens with one attached hydrogen (secondary N) is 1. The highest BCUT2D eigenvalue weighted by atomic mass is 16.2. The molecule has 0 atom stereocenters. The van der Waals surface area contributed by atoms with Crippen molar-refractivity contribution in [1.82, 2.24) is 24.6 Å². The van der Waals surface area contributed by atoms with Crippen LogP contribution in [0.2, 0.25) is 0 Å². The number of pyridine rings is 1. The Morgan fingerprint density at radius 1 is 1.03 bits per heavy atom. The van der Waals surface area contributed by atoms with Crippen LogP contribution in [0.3, 0.4) is 0 Å². The molecule has 1 fully saturated rings. The van der Waals surface area contributed by atoms with E-state index in [1.165, 1.54) is 0 Å². The van der Waals surface area contributed by atoms with Crippen LogP contribution in [0.4, 0.5) is 0 Å². The van der Waals surface area contributed by atoms with Gasteiger partial charge in [-0.1, -0.05) is 0 Å². The molecule has 1 N–H and O–H groups in total. The number of carbonyl (C=O) groups is 1. The summed E-state index contributed by atoms with van der Waals surface area (Å²) in [7, 11) is 0. The molecule has 1 aliphatic rings. The van der Waals surface area contributed by atoms with E-state index in [9.17, 15) is 9.59 Å². The highest BCUT2D eigenvalue weighted by Crippen LogP contribution is 2.22. The Balaban J connectivity index is 1.25. The van der Waals surface area contributed by atoms with Gasteiger partial charge in [-0.25, -0.2) is 4.68 Å². The summed E-state index contributed by atoms with van der Waals surface area (Å²) in [5, 5.41) is 5.60.